The van der Waals surface area contributed by atoms with Gasteiger partial charge in [-0.3, -0.25) is 9.89 Å². The van der Waals surface area contributed by atoms with Gasteiger partial charge in [-0.2, -0.15) is 0 Å². The van der Waals surface area contributed by atoms with Crippen LogP contribution in [0, 0.1) is 11.8 Å². The third-order valence-corrected chi connectivity index (χ3v) is 5.99. The third-order valence-electron chi connectivity index (χ3n) is 5.99. The first-order valence-electron chi connectivity index (χ1n) is 9.31. The van der Waals surface area contributed by atoms with Crippen LogP contribution >= 0.6 is 0 Å². The molecule has 0 N–H and O–H groups in total. The highest BCUT2D eigenvalue weighted by molar-refractivity contribution is 5.83. The monoisotopic (exact) mass is 309 g/mol. The third kappa shape index (κ3) is 3.64. The molecule has 0 bridgehead atoms. The van der Waals surface area contributed by atoms with Gasteiger partial charge in [0.25, 0.3) is 0 Å². The van der Waals surface area contributed by atoms with Crippen molar-refractivity contribution in [3.05, 3.63) is 0 Å². The predicted octanol–water partition coefficient (Wildman–Crippen LogP) is 3.35. The highest BCUT2D eigenvalue weighted by Crippen LogP contribution is 2.36. The lowest BCUT2D eigenvalue weighted by Crippen LogP contribution is -2.51. The average molecular weight is 309 g/mol. The van der Waals surface area contributed by atoms with Crippen LogP contribution in [0.3, 0.4) is 0 Å². The minimum absolute atomic E-state index is 0.289. The Balaban J connectivity index is 1.51. The number of halogens is 1. The largest absolute Gasteiger partial charge is 0.358 e. The number of aliphatic imine (C=N–C) groups is 1. The molecule has 3 unspecified atom stereocenters. The highest BCUT2D eigenvalue weighted by atomic mass is 19.1. The van der Waals surface area contributed by atoms with E-state index in [1.165, 1.54) is 12.3 Å². The standard InChI is InChI=1S/C18H32FN3/c1-14(2)21-9-11-22(12-10-21)18-8-7-15(13-20-18)16-5-3-4-6-17(16)19/h14-17H,3-13H2,1-2H3. The Morgan fingerprint density at radius 1 is 1.05 bits per heavy atom. The van der Waals surface area contributed by atoms with Gasteiger partial charge in [-0.15, -0.1) is 0 Å². The summed E-state index contributed by atoms with van der Waals surface area (Å²) < 4.78 is 14.1. The Bertz CT molecular complexity index is 388. The Morgan fingerprint density at radius 3 is 2.36 bits per heavy atom. The highest BCUT2D eigenvalue weighted by Gasteiger charge is 2.34. The molecule has 2 aliphatic heterocycles. The second-order valence-corrected chi connectivity index (χ2v) is 7.64. The summed E-state index contributed by atoms with van der Waals surface area (Å²) in [7, 11) is 0. The van der Waals surface area contributed by atoms with Gasteiger partial charge < -0.3 is 4.90 Å². The number of hydrogen-bond donors (Lipinski definition) is 0. The van der Waals surface area contributed by atoms with Crippen molar-refractivity contribution < 1.29 is 4.39 Å². The first-order valence-corrected chi connectivity index (χ1v) is 9.31. The van der Waals surface area contributed by atoms with Crippen molar-refractivity contribution >= 4 is 5.84 Å². The van der Waals surface area contributed by atoms with Crippen LogP contribution in [0.4, 0.5) is 4.39 Å². The van der Waals surface area contributed by atoms with Crippen LogP contribution < -0.4 is 0 Å². The Labute approximate surface area is 135 Å². The molecule has 4 heteroatoms. The Hall–Kier alpha value is -0.640. The molecule has 0 radical (unpaired) electrons. The molecule has 0 aromatic carbocycles. The molecule has 3 rings (SSSR count). The minimum atomic E-state index is -0.565. The zero-order valence-electron chi connectivity index (χ0n) is 14.3. The number of nitrogens with zero attached hydrogens (tertiary/aromatic N) is 3. The molecule has 126 valence electrons. The molecule has 2 heterocycles. The molecule has 0 aromatic heterocycles. The van der Waals surface area contributed by atoms with Crippen molar-refractivity contribution in [3.8, 4) is 0 Å². The summed E-state index contributed by atoms with van der Waals surface area (Å²) in [5, 5.41) is 0. The summed E-state index contributed by atoms with van der Waals surface area (Å²) in [5.41, 5.74) is 0. The molecule has 3 atom stereocenters. The molecule has 0 aromatic rings. The fraction of sp³-hybridized carbons (Fsp3) is 0.944. The van der Waals surface area contributed by atoms with E-state index in [9.17, 15) is 4.39 Å². The Morgan fingerprint density at radius 2 is 1.77 bits per heavy atom. The summed E-state index contributed by atoms with van der Waals surface area (Å²) in [4.78, 5) is 9.89. The smallest absolute Gasteiger partial charge is 0.103 e. The van der Waals surface area contributed by atoms with E-state index in [4.69, 9.17) is 4.99 Å². The average Bonchev–Trinajstić information content (AvgIpc) is 2.56. The molecule has 3 aliphatic rings. The fourth-order valence-corrected chi connectivity index (χ4v) is 4.46. The molecular formula is C18H32FN3. The SMILES string of the molecule is CC(C)N1CCN(C2=NCC(C3CCCCC3F)CC2)CC1. The molecule has 0 amide bonds. The van der Waals surface area contributed by atoms with E-state index in [0.717, 1.165) is 64.8 Å². The van der Waals surface area contributed by atoms with Crippen LogP contribution in [0.25, 0.3) is 0 Å². The van der Waals surface area contributed by atoms with Crippen molar-refractivity contribution in [2.24, 2.45) is 16.8 Å². The lowest BCUT2D eigenvalue weighted by molar-refractivity contribution is 0.107. The van der Waals surface area contributed by atoms with Gasteiger partial charge in [0.05, 0.1) is 5.84 Å². The maximum Gasteiger partial charge on any atom is 0.103 e. The summed E-state index contributed by atoms with van der Waals surface area (Å²) in [6.45, 7) is 9.93. The topological polar surface area (TPSA) is 18.8 Å². The van der Waals surface area contributed by atoms with Gasteiger partial charge in [0, 0.05) is 45.2 Å². The normalized spacial score (nSPS) is 34.8. The number of piperazine rings is 1. The van der Waals surface area contributed by atoms with Gasteiger partial charge in [0.2, 0.25) is 0 Å². The first kappa shape index (κ1) is 16.2. The van der Waals surface area contributed by atoms with Crippen LogP contribution in [-0.2, 0) is 0 Å². The molecule has 0 spiro atoms. The minimum Gasteiger partial charge on any atom is -0.358 e. The number of alkyl halides is 1. The molecule has 2 fully saturated rings. The van der Waals surface area contributed by atoms with Gasteiger partial charge in [-0.05, 0) is 44.9 Å². The second kappa shape index (κ2) is 7.29. The quantitative estimate of drug-likeness (QED) is 0.779. The van der Waals surface area contributed by atoms with Crippen LogP contribution in [0.15, 0.2) is 4.99 Å². The molecule has 22 heavy (non-hydrogen) atoms. The van der Waals surface area contributed by atoms with Crippen molar-refractivity contribution in [2.45, 2.75) is 64.6 Å². The zero-order valence-corrected chi connectivity index (χ0v) is 14.3. The summed E-state index contributed by atoms with van der Waals surface area (Å²) in [6.07, 6.45) is 5.82. The van der Waals surface area contributed by atoms with Crippen molar-refractivity contribution in [1.29, 1.82) is 0 Å². The van der Waals surface area contributed by atoms with Gasteiger partial charge in [0.15, 0.2) is 0 Å². The zero-order chi connectivity index (χ0) is 15.5. The van der Waals surface area contributed by atoms with E-state index in [1.54, 1.807) is 0 Å². The molecule has 1 saturated heterocycles. The maximum absolute atomic E-state index is 14.1. The molecular weight excluding hydrogens is 277 g/mol. The molecule has 1 saturated carbocycles. The van der Waals surface area contributed by atoms with E-state index in [0.29, 0.717) is 12.0 Å². The number of amidine groups is 1. The van der Waals surface area contributed by atoms with Crippen LogP contribution in [0.2, 0.25) is 0 Å². The molecule has 3 nitrogen and oxygen atoms in total. The summed E-state index contributed by atoms with van der Waals surface area (Å²) in [6, 6.07) is 0.646. The maximum atomic E-state index is 14.1. The summed E-state index contributed by atoms with van der Waals surface area (Å²) in [5.74, 6) is 2.08. The first-order chi connectivity index (χ1) is 10.6. The van der Waals surface area contributed by atoms with E-state index >= 15 is 0 Å². The van der Waals surface area contributed by atoms with Crippen molar-refractivity contribution in [3.63, 3.8) is 0 Å². The predicted molar refractivity (Wildman–Crippen MR) is 90.2 cm³/mol. The second-order valence-electron chi connectivity index (χ2n) is 7.64. The van der Waals surface area contributed by atoms with Crippen LogP contribution in [-0.4, -0.2) is 60.6 Å². The lowest BCUT2D eigenvalue weighted by Gasteiger charge is -2.41. The Kier molecular flexibility index (Phi) is 5.37. The fourth-order valence-electron chi connectivity index (χ4n) is 4.46. The van der Waals surface area contributed by atoms with Gasteiger partial charge in [-0.1, -0.05) is 12.8 Å². The van der Waals surface area contributed by atoms with Crippen LogP contribution in [0.1, 0.15) is 52.4 Å². The van der Waals surface area contributed by atoms with Crippen molar-refractivity contribution in [2.75, 3.05) is 32.7 Å². The van der Waals surface area contributed by atoms with Gasteiger partial charge in [-0.25, -0.2) is 4.39 Å². The van der Waals surface area contributed by atoms with E-state index in [2.05, 4.69) is 23.6 Å². The number of hydrogen-bond acceptors (Lipinski definition) is 3. The van der Waals surface area contributed by atoms with Gasteiger partial charge in [0.1, 0.15) is 6.17 Å². The molecule has 1 aliphatic carbocycles. The van der Waals surface area contributed by atoms with E-state index < -0.39 is 6.17 Å². The summed E-state index contributed by atoms with van der Waals surface area (Å²) >= 11 is 0. The van der Waals surface area contributed by atoms with Gasteiger partial charge >= 0.3 is 0 Å². The number of rotatable bonds is 2. The van der Waals surface area contributed by atoms with E-state index in [1.807, 2.05) is 0 Å². The van der Waals surface area contributed by atoms with Crippen LogP contribution in [0.5, 0.6) is 0 Å². The van der Waals surface area contributed by atoms with Crippen molar-refractivity contribution in [1.82, 2.24) is 9.80 Å². The van der Waals surface area contributed by atoms with E-state index in [-0.39, 0.29) is 5.92 Å². The lowest BCUT2D eigenvalue weighted by atomic mass is 9.76.